The number of benzene rings is 1. The molecule has 26 heavy (non-hydrogen) atoms. The average molecular weight is 357 g/mol. The minimum absolute atomic E-state index is 0.0131. The van der Waals surface area contributed by atoms with Gasteiger partial charge in [-0.2, -0.15) is 0 Å². The van der Waals surface area contributed by atoms with Gasteiger partial charge in [0.2, 0.25) is 5.75 Å². The molecule has 0 aliphatic heterocycles. The van der Waals surface area contributed by atoms with Gasteiger partial charge >= 0.3 is 0 Å². The molecule has 0 radical (unpaired) electrons. The lowest BCUT2D eigenvalue weighted by Crippen LogP contribution is -2.13. The van der Waals surface area contributed by atoms with E-state index in [1.54, 1.807) is 21.3 Å². The number of fused-ring (bicyclic) bond motifs is 1. The number of hydrogen-bond donors (Lipinski definition) is 2. The van der Waals surface area contributed by atoms with Crippen molar-refractivity contribution in [3.8, 4) is 17.2 Å². The number of rotatable bonds is 7. The third-order valence-electron chi connectivity index (χ3n) is 4.20. The molecule has 8 nitrogen and oxygen atoms in total. The Hall–Kier alpha value is -3.03. The minimum atomic E-state index is -0.0131. The van der Waals surface area contributed by atoms with Gasteiger partial charge in [0, 0.05) is 11.9 Å². The van der Waals surface area contributed by atoms with E-state index in [4.69, 9.17) is 14.2 Å². The van der Waals surface area contributed by atoms with Crippen LogP contribution in [0.25, 0.3) is 10.9 Å². The van der Waals surface area contributed by atoms with E-state index in [1.807, 2.05) is 19.2 Å². The summed E-state index contributed by atoms with van der Waals surface area (Å²) in [5.41, 5.74) is 1.66. The number of nitrogens with zero attached hydrogens (tertiary/aromatic N) is 3. The topological polar surface area (TPSA) is 94.2 Å². The largest absolute Gasteiger partial charge is 0.493 e. The second kappa shape index (κ2) is 7.47. The molecule has 1 atom stereocenters. The van der Waals surface area contributed by atoms with Crippen molar-refractivity contribution in [1.29, 1.82) is 0 Å². The van der Waals surface area contributed by atoms with Gasteiger partial charge in [0.15, 0.2) is 11.5 Å². The van der Waals surface area contributed by atoms with E-state index in [9.17, 15) is 0 Å². The monoisotopic (exact) mass is 357 g/mol. The second-order valence-electron chi connectivity index (χ2n) is 5.82. The number of H-pyrrole nitrogens is 1. The lowest BCUT2D eigenvalue weighted by atomic mass is 10.1. The minimum Gasteiger partial charge on any atom is -0.493 e. The highest BCUT2D eigenvalue weighted by Gasteiger charge is 2.21. The van der Waals surface area contributed by atoms with Crippen LogP contribution in [0.2, 0.25) is 0 Å². The van der Waals surface area contributed by atoms with E-state index in [2.05, 4.69) is 32.2 Å². The fraction of sp³-hybridized carbons (Fsp3) is 0.389. The maximum Gasteiger partial charge on any atom is 0.205 e. The first kappa shape index (κ1) is 17.8. The first-order chi connectivity index (χ1) is 12.6. The summed E-state index contributed by atoms with van der Waals surface area (Å²) in [7, 11) is 4.73. The number of methoxy groups -OCH3 is 3. The fourth-order valence-corrected chi connectivity index (χ4v) is 2.92. The van der Waals surface area contributed by atoms with Gasteiger partial charge < -0.3 is 24.5 Å². The predicted molar refractivity (Wildman–Crippen MR) is 99.2 cm³/mol. The Morgan fingerprint density at radius 3 is 2.42 bits per heavy atom. The summed E-state index contributed by atoms with van der Waals surface area (Å²) < 4.78 is 16.4. The molecule has 3 aromatic rings. The summed E-state index contributed by atoms with van der Waals surface area (Å²) in [5, 5.41) is 4.23. The summed E-state index contributed by atoms with van der Waals surface area (Å²) in [6.45, 7) is 4.06. The molecular weight excluding hydrogens is 334 g/mol. The molecule has 0 spiro atoms. The standard InChI is InChI=1S/C18H23N5O3/c1-6-12(18-19-8-10(2)22-18)23-17-11-7-13(24-3)15(25-4)16(26-5)14(11)20-9-21-17/h7-9,12H,6H2,1-5H3,(H,19,22)(H,20,21,23). The second-order valence-corrected chi connectivity index (χ2v) is 5.82. The molecule has 0 aliphatic carbocycles. The molecule has 0 aliphatic rings. The Labute approximate surface area is 151 Å². The van der Waals surface area contributed by atoms with Gasteiger partial charge in [0.25, 0.3) is 0 Å². The number of nitrogens with one attached hydrogen (secondary N) is 2. The zero-order valence-corrected chi connectivity index (χ0v) is 15.6. The Kier molecular flexibility index (Phi) is 5.11. The van der Waals surface area contributed by atoms with E-state index >= 15 is 0 Å². The molecule has 1 unspecified atom stereocenters. The highest BCUT2D eigenvalue weighted by molar-refractivity contribution is 5.96. The summed E-state index contributed by atoms with van der Waals surface area (Å²) in [6, 6.07) is 1.83. The van der Waals surface area contributed by atoms with E-state index in [0.29, 0.717) is 28.6 Å². The fourth-order valence-electron chi connectivity index (χ4n) is 2.92. The van der Waals surface area contributed by atoms with Crippen LogP contribution >= 0.6 is 0 Å². The summed E-state index contributed by atoms with van der Waals surface area (Å²) in [6.07, 6.45) is 4.15. The Balaban J connectivity index is 2.11. The summed E-state index contributed by atoms with van der Waals surface area (Å²) in [5.74, 6) is 3.10. The van der Waals surface area contributed by atoms with Crippen molar-refractivity contribution in [3.63, 3.8) is 0 Å². The zero-order chi connectivity index (χ0) is 18.7. The molecule has 3 rings (SSSR count). The van der Waals surface area contributed by atoms with Crippen LogP contribution in [-0.2, 0) is 0 Å². The van der Waals surface area contributed by atoms with E-state index in [0.717, 1.165) is 23.3 Å². The highest BCUT2D eigenvalue weighted by atomic mass is 16.5. The first-order valence-corrected chi connectivity index (χ1v) is 8.34. The lowest BCUT2D eigenvalue weighted by molar-refractivity contribution is 0.327. The highest BCUT2D eigenvalue weighted by Crippen LogP contribution is 2.44. The van der Waals surface area contributed by atoms with E-state index in [-0.39, 0.29) is 6.04 Å². The zero-order valence-electron chi connectivity index (χ0n) is 15.6. The van der Waals surface area contributed by atoms with Crippen LogP contribution < -0.4 is 19.5 Å². The molecule has 138 valence electrons. The van der Waals surface area contributed by atoms with Crippen LogP contribution in [0.3, 0.4) is 0 Å². The first-order valence-electron chi connectivity index (χ1n) is 8.34. The van der Waals surface area contributed by atoms with Gasteiger partial charge in [-0.25, -0.2) is 15.0 Å². The molecule has 0 saturated heterocycles. The van der Waals surface area contributed by atoms with Crippen LogP contribution in [0.4, 0.5) is 5.82 Å². The van der Waals surface area contributed by atoms with Crippen LogP contribution in [0, 0.1) is 6.92 Å². The SMILES string of the molecule is CCC(Nc1ncnc2c(OC)c(OC)c(OC)cc12)c1ncc(C)[nH]1. The average Bonchev–Trinajstić information content (AvgIpc) is 3.10. The molecule has 0 bridgehead atoms. The van der Waals surface area contributed by atoms with E-state index < -0.39 is 0 Å². The summed E-state index contributed by atoms with van der Waals surface area (Å²) >= 11 is 0. The molecule has 2 aromatic heterocycles. The Morgan fingerprint density at radius 2 is 1.85 bits per heavy atom. The van der Waals surface area contributed by atoms with Gasteiger partial charge in [-0.1, -0.05) is 6.92 Å². The van der Waals surface area contributed by atoms with Gasteiger partial charge in [0.05, 0.1) is 32.8 Å². The summed E-state index contributed by atoms with van der Waals surface area (Å²) in [4.78, 5) is 16.5. The number of hydrogen-bond acceptors (Lipinski definition) is 7. The van der Waals surface area contributed by atoms with Gasteiger partial charge in [0.1, 0.15) is 23.5 Å². The van der Waals surface area contributed by atoms with Gasteiger partial charge in [-0.05, 0) is 19.4 Å². The molecule has 0 amide bonds. The van der Waals surface area contributed by atoms with Gasteiger partial charge in [-0.15, -0.1) is 0 Å². The predicted octanol–water partition coefficient (Wildman–Crippen LogP) is 3.25. The number of aryl methyl sites for hydroxylation is 1. The smallest absolute Gasteiger partial charge is 0.205 e. The van der Waals surface area contributed by atoms with Crippen molar-refractivity contribution >= 4 is 16.7 Å². The number of aromatic nitrogens is 4. The van der Waals surface area contributed by atoms with Crippen LogP contribution in [0.5, 0.6) is 17.2 Å². The quantitative estimate of drug-likeness (QED) is 0.670. The number of ether oxygens (including phenoxy) is 3. The van der Waals surface area contributed by atoms with Crippen LogP contribution in [-0.4, -0.2) is 41.3 Å². The Bertz CT molecular complexity index is 909. The number of anilines is 1. The van der Waals surface area contributed by atoms with Crippen molar-refractivity contribution in [2.75, 3.05) is 26.6 Å². The lowest BCUT2D eigenvalue weighted by Gasteiger charge is -2.19. The maximum atomic E-state index is 5.52. The number of imidazole rings is 1. The molecule has 0 fully saturated rings. The maximum absolute atomic E-state index is 5.52. The number of aromatic amines is 1. The third kappa shape index (κ3) is 3.10. The van der Waals surface area contributed by atoms with Crippen molar-refractivity contribution in [2.45, 2.75) is 26.3 Å². The van der Waals surface area contributed by atoms with Crippen molar-refractivity contribution < 1.29 is 14.2 Å². The Morgan fingerprint density at radius 1 is 1.08 bits per heavy atom. The molecule has 2 heterocycles. The normalized spacial score (nSPS) is 12.0. The van der Waals surface area contributed by atoms with Crippen LogP contribution in [0.1, 0.15) is 30.9 Å². The third-order valence-corrected chi connectivity index (χ3v) is 4.20. The molecule has 0 saturated carbocycles. The van der Waals surface area contributed by atoms with Crippen molar-refractivity contribution in [3.05, 3.63) is 30.1 Å². The molecule has 1 aromatic carbocycles. The molecule has 2 N–H and O–H groups in total. The van der Waals surface area contributed by atoms with E-state index in [1.165, 1.54) is 6.33 Å². The molecule has 8 heteroatoms. The van der Waals surface area contributed by atoms with Gasteiger partial charge in [-0.3, -0.25) is 0 Å². The van der Waals surface area contributed by atoms with Crippen molar-refractivity contribution in [2.24, 2.45) is 0 Å². The molecular formula is C18H23N5O3. The van der Waals surface area contributed by atoms with Crippen molar-refractivity contribution in [1.82, 2.24) is 19.9 Å². The van der Waals surface area contributed by atoms with Crippen LogP contribution in [0.15, 0.2) is 18.6 Å².